The van der Waals surface area contributed by atoms with E-state index < -0.39 is 23.6 Å². The normalized spacial score (nSPS) is 15.6. The number of furan rings is 1. The Morgan fingerprint density at radius 2 is 2.04 bits per heavy atom. The third-order valence-electron chi connectivity index (χ3n) is 3.40. The Morgan fingerprint density at radius 1 is 1.28 bits per heavy atom. The standard InChI is InChI=1S/C17H11N3O4S/c18-8-10-3-1-2-4-12(10)13-6-5-11(24-13)7-14-16(22)20(9-15(19)21)17(23)25-14/h1-7H,9H2,(H2,19,21)/b14-7-. The third-order valence-corrected chi connectivity index (χ3v) is 4.31. The first-order valence-electron chi connectivity index (χ1n) is 7.12. The van der Waals surface area contributed by atoms with Gasteiger partial charge in [0, 0.05) is 11.6 Å². The van der Waals surface area contributed by atoms with Crippen LogP contribution in [0.2, 0.25) is 0 Å². The van der Waals surface area contributed by atoms with Crippen LogP contribution in [-0.2, 0) is 9.59 Å². The molecule has 0 radical (unpaired) electrons. The van der Waals surface area contributed by atoms with Crippen molar-refractivity contribution in [2.24, 2.45) is 5.73 Å². The number of nitriles is 1. The summed E-state index contributed by atoms with van der Waals surface area (Å²) in [6.07, 6.45) is 1.42. The molecule has 2 heterocycles. The number of nitrogens with two attached hydrogens (primary N) is 1. The smallest absolute Gasteiger partial charge is 0.294 e. The molecule has 0 spiro atoms. The fourth-order valence-electron chi connectivity index (χ4n) is 2.29. The average molecular weight is 353 g/mol. The van der Waals surface area contributed by atoms with Crippen LogP contribution < -0.4 is 5.73 Å². The van der Waals surface area contributed by atoms with Crippen LogP contribution in [0.15, 0.2) is 45.7 Å². The van der Waals surface area contributed by atoms with E-state index in [2.05, 4.69) is 6.07 Å². The second-order valence-corrected chi connectivity index (χ2v) is 6.09. The van der Waals surface area contributed by atoms with Gasteiger partial charge in [0.1, 0.15) is 18.1 Å². The maximum Gasteiger partial charge on any atom is 0.294 e. The van der Waals surface area contributed by atoms with Crippen LogP contribution in [-0.4, -0.2) is 28.5 Å². The topological polar surface area (TPSA) is 117 Å². The highest BCUT2D eigenvalue weighted by Gasteiger charge is 2.36. The molecule has 3 rings (SSSR count). The number of hydrogen-bond donors (Lipinski definition) is 1. The van der Waals surface area contributed by atoms with Crippen LogP contribution in [0.4, 0.5) is 4.79 Å². The number of hydrogen-bond acceptors (Lipinski definition) is 6. The molecule has 1 saturated heterocycles. The summed E-state index contributed by atoms with van der Waals surface area (Å²) in [5.74, 6) is -0.534. The van der Waals surface area contributed by atoms with Crippen LogP contribution in [0.1, 0.15) is 11.3 Å². The molecule has 1 aliphatic heterocycles. The number of rotatable bonds is 4. The number of benzene rings is 1. The summed E-state index contributed by atoms with van der Waals surface area (Å²) in [6, 6.07) is 12.4. The van der Waals surface area contributed by atoms with E-state index in [4.69, 9.17) is 15.4 Å². The zero-order chi connectivity index (χ0) is 18.0. The highest BCUT2D eigenvalue weighted by Crippen LogP contribution is 2.33. The molecular weight excluding hydrogens is 342 g/mol. The number of carbonyl (C=O) groups excluding carboxylic acids is 3. The molecule has 2 N–H and O–H groups in total. The average Bonchev–Trinajstić information content (AvgIpc) is 3.15. The molecule has 1 aliphatic rings. The van der Waals surface area contributed by atoms with Crippen LogP contribution in [0.5, 0.6) is 0 Å². The Bertz CT molecular complexity index is 955. The summed E-state index contributed by atoms with van der Waals surface area (Å²) in [6.45, 7) is -0.457. The number of amides is 3. The molecule has 124 valence electrons. The Balaban J connectivity index is 1.88. The van der Waals surface area contributed by atoms with E-state index in [1.54, 1.807) is 36.4 Å². The summed E-state index contributed by atoms with van der Waals surface area (Å²) in [4.78, 5) is 35.8. The van der Waals surface area contributed by atoms with Crippen molar-refractivity contribution >= 4 is 34.9 Å². The quantitative estimate of drug-likeness (QED) is 0.843. The Labute approximate surface area is 146 Å². The van der Waals surface area contributed by atoms with Gasteiger partial charge in [-0.25, -0.2) is 0 Å². The first-order valence-corrected chi connectivity index (χ1v) is 7.94. The van der Waals surface area contributed by atoms with Gasteiger partial charge in [-0.05, 0) is 36.0 Å². The minimum atomic E-state index is -0.767. The molecule has 3 amide bonds. The predicted molar refractivity (Wildman–Crippen MR) is 90.7 cm³/mol. The van der Waals surface area contributed by atoms with Gasteiger partial charge in [-0.3, -0.25) is 19.3 Å². The van der Waals surface area contributed by atoms with Crippen molar-refractivity contribution in [1.29, 1.82) is 5.26 Å². The predicted octanol–water partition coefficient (Wildman–Crippen LogP) is 2.34. The van der Waals surface area contributed by atoms with E-state index in [-0.39, 0.29) is 4.91 Å². The molecule has 0 unspecified atom stereocenters. The number of primary amides is 1. The Hall–Kier alpha value is -3.31. The molecule has 0 aliphatic carbocycles. The van der Waals surface area contributed by atoms with Gasteiger partial charge >= 0.3 is 0 Å². The van der Waals surface area contributed by atoms with Crippen LogP contribution in [0, 0.1) is 11.3 Å². The summed E-state index contributed by atoms with van der Waals surface area (Å²) >= 11 is 0.710. The van der Waals surface area contributed by atoms with Gasteiger partial charge in [0.2, 0.25) is 5.91 Å². The first-order chi connectivity index (χ1) is 12.0. The SMILES string of the molecule is N#Cc1ccccc1-c1ccc(/C=C2\SC(=O)N(CC(N)=O)C2=O)o1. The summed E-state index contributed by atoms with van der Waals surface area (Å²) in [7, 11) is 0. The van der Waals surface area contributed by atoms with Crippen molar-refractivity contribution in [1.82, 2.24) is 4.90 Å². The van der Waals surface area contributed by atoms with E-state index in [1.165, 1.54) is 6.08 Å². The molecule has 8 heteroatoms. The van der Waals surface area contributed by atoms with Gasteiger partial charge in [0.15, 0.2) is 0 Å². The van der Waals surface area contributed by atoms with Crippen molar-refractivity contribution in [3.8, 4) is 17.4 Å². The molecule has 1 fully saturated rings. The van der Waals surface area contributed by atoms with E-state index in [9.17, 15) is 14.4 Å². The monoisotopic (exact) mass is 353 g/mol. The number of carbonyl (C=O) groups is 3. The fraction of sp³-hybridized carbons (Fsp3) is 0.0588. The maximum atomic E-state index is 12.2. The summed E-state index contributed by atoms with van der Waals surface area (Å²) in [5.41, 5.74) is 6.13. The van der Waals surface area contributed by atoms with Gasteiger partial charge in [0.25, 0.3) is 11.1 Å². The van der Waals surface area contributed by atoms with E-state index >= 15 is 0 Å². The molecule has 1 aromatic heterocycles. The van der Waals surface area contributed by atoms with Crippen LogP contribution in [0.25, 0.3) is 17.4 Å². The van der Waals surface area contributed by atoms with Gasteiger partial charge in [-0.2, -0.15) is 5.26 Å². The van der Waals surface area contributed by atoms with Gasteiger partial charge in [-0.1, -0.05) is 12.1 Å². The molecule has 2 aromatic rings. The largest absolute Gasteiger partial charge is 0.457 e. The fourth-order valence-corrected chi connectivity index (χ4v) is 3.11. The second kappa shape index (κ2) is 6.67. The van der Waals surface area contributed by atoms with Crippen LogP contribution in [0.3, 0.4) is 0 Å². The minimum absolute atomic E-state index is 0.140. The van der Waals surface area contributed by atoms with E-state index in [1.807, 2.05) is 0 Å². The van der Waals surface area contributed by atoms with Crippen molar-refractivity contribution in [2.75, 3.05) is 6.54 Å². The molecule has 0 saturated carbocycles. The molecule has 25 heavy (non-hydrogen) atoms. The maximum absolute atomic E-state index is 12.2. The summed E-state index contributed by atoms with van der Waals surface area (Å²) < 4.78 is 5.66. The Morgan fingerprint density at radius 3 is 2.76 bits per heavy atom. The molecule has 0 bridgehead atoms. The lowest BCUT2D eigenvalue weighted by atomic mass is 10.1. The van der Waals surface area contributed by atoms with Gasteiger partial charge in [-0.15, -0.1) is 0 Å². The summed E-state index contributed by atoms with van der Waals surface area (Å²) in [5, 5.41) is 8.59. The van der Waals surface area contributed by atoms with Crippen molar-refractivity contribution in [3.05, 3.63) is 52.6 Å². The van der Waals surface area contributed by atoms with E-state index in [0.717, 1.165) is 4.90 Å². The second-order valence-electron chi connectivity index (χ2n) is 5.09. The molecule has 0 atom stereocenters. The molecule has 7 nitrogen and oxygen atoms in total. The molecule has 1 aromatic carbocycles. The van der Waals surface area contributed by atoms with Crippen molar-refractivity contribution in [2.45, 2.75) is 0 Å². The van der Waals surface area contributed by atoms with Gasteiger partial charge in [0.05, 0.1) is 16.5 Å². The zero-order valence-corrected chi connectivity index (χ0v) is 13.6. The molecular formula is C17H11N3O4S. The lowest BCUT2D eigenvalue weighted by Gasteiger charge is -2.08. The number of thioether (sulfide) groups is 1. The number of nitrogens with zero attached hydrogens (tertiary/aromatic N) is 2. The first kappa shape index (κ1) is 16.5. The highest BCUT2D eigenvalue weighted by atomic mass is 32.2. The minimum Gasteiger partial charge on any atom is -0.457 e. The van der Waals surface area contributed by atoms with E-state index in [0.29, 0.717) is 34.4 Å². The highest BCUT2D eigenvalue weighted by molar-refractivity contribution is 8.18. The zero-order valence-electron chi connectivity index (χ0n) is 12.8. The Kier molecular flexibility index (Phi) is 4.41. The van der Waals surface area contributed by atoms with Crippen molar-refractivity contribution in [3.63, 3.8) is 0 Å². The van der Waals surface area contributed by atoms with Crippen LogP contribution >= 0.6 is 11.8 Å². The number of imide groups is 1. The lowest BCUT2D eigenvalue weighted by Crippen LogP contribution is -2.36. The van der Waals surface area contributed by atoms with Gasteiger partial charge < -0.3 is 10.2 Å². The van der Waals surface area contributed by atoms with Crippen molar-refractivity contribution < 1.29 is 18.8 Å². The lowest BCUT2D eigenvalue weighted by molar-refractivity contribution is -0.127. The third kappa shape index (κ3) is 3.32.